The summed E-state index contributed by atoms with van der Waals surface area (Å²) in [4.78, 5) is 17.7. The number of aromatic nitrogens is 2. The Bertz CT molecular complexity index is 475. The van der Waals surface area contributed by atoms with E-state index in [9.17, 15) is 4.79 Å². The van der Waals surface area contributed by atoms with Crippen LogP contribution in [0.4, 0.5) is 0 Å². The third-order valence-electron chi connectivity index (χ3n) is 2.58. The van der Waals surface area contributed by atoms with Crippen LogP contribution in [0.2, 0.25) is 0 Å². The predicted molar refractivity (Wildman–Crippen MR) is 63.8 cm³/mol. The standard InChI is InChI=1S/C13H14N2O2/c16-13(17)6-5-10-1-3-11(4-2-10)9-12-14-7-8-15-12/h1-4,7-8H,5-6,9H2,(H,14,15)(H,16,17). The third kappa shape index (κ3) is 3.45. The maximum atomic E-state index is 10.4. The molecular formula is C13H14N2O2. The van der Waals surface area contributed by atoms with E-state index in [0.29, 0.717) is 6.42 Å². The molecule has 0 bridgehead atoms. The highest BCUT2D eigenvalue weighted by atomic mass is 16.4. The van der Waals surface area contributed by atoms with Gasteiger partial charge < -0.3 is 10.1 Å². The van der Waals surface area contributed by atoms with Crippen LogP contribution >= 0.6 is 0 Å². The molecule has 0 aliphatic carbocycles. The highest BCUT2D eigenvalue weighted by Gasteiger charge is 2.01. The number of benzene rings is 1. The molecule has 4 heteroatoms. The molecule has 1 heterocycles. The minimum absolute atomic E-state index is 0.178. The summed E-state index contributed by atoms with van der Waals surface area (Å²) in [6, 6.07) is 7.97. The molecule has 0 saturated heterocycles. The van der Waals surface area contributed by atoms with E-state index in [1.54, 1.807) is 12.4 Å². The van der Waals surface area contributed by atoms with E-state index in [1.807, 2.05) is 24.3 Å². The maximum Gasteiger partial charge on any atom is 0.303 e. The largest absolute Gasteiger partial charge is 0.481 e. The van der Waals surface area contributed by atoms with Crippen LogP contribution in [0.1, 0.15) is 23.4 Å². The molecule has 0 atom stereocenters. The molecule has 1 aromatic carbocycles. The second-order valence-electron chi connectivity index (χ2n) is 3.92. The number of carbonyl (C=O) groups is 1. The highest BCUT2D eigenvalue weighted by molar-refractivity contribution is 5.67. The average molecular weight is 230 g/mol. The summed E-state index contributed by atoms with van der Waals surface area (Å²) in [5.41, 5.74) is 2.22. The molecule has 1 aromatic heterocycles. The lowest BCUT2D eigenvalue weighted by atomic mass is 10.1. The molecule has 0 aliphatic heterocycles. The molecule has 17 heavy (non-hydrogen) atoms. The van der Waals surface area contributed by atoms with Crippen LogP contribution in [0.5, 0.6) is 0 Å². The lowest BCUT2D eigenvalue weighted by Gasteiger charge is -2.02. The first kappa shape index (κ1) is 11.4. The van der Waals surface area contributed by atoms with Gasteiger partial charge in [0.05, 0.1) is 0 Å². The van der Waals surface area contributed by atoms with E-state index in [-0.39, 0.29) is 6.42 Å². The number of rotatable bonds is 5. The number of hydrogen-bond donors (Lipinski definition) is 2. The first-order valence-corrected chi connectivity index (χ1v) is 5.52. The molecule has 0 fully saturated rings. The van der Waals surface area contributed by atoms with Gasteiger partial charge in [-0.2, -0.15) is 0 Å². The summed E-state index contributed by atoms with van der Waals surface area (Å²) in [6.45, 7) is 0. The van der Waals surface area contributed by atoms with Crippen molar-refractivity contribution in [1.82, 2.24) is 9.97 Å². The van der Waals surface area contributed by atoms with Gasteiger partial charge in [-0.05, 0) is 17.5 Å². The maximum absolute atomic E-state index is 10.4. The van der Waals surface area contributed by atoms with Crippen molar-refractivity contribution in [2.75, 3.05) is 0 Å². The Hall–Kier alpha value is -2.10. The van der Waals surface area contributed by atoms with E-state index in [0.717, 1.165) is 17.8 Å². The van der Waals surface area contributed by atoms with Gasteiger partial charge in [-0.15, -0.1) is 0 Å². The fourth-order valence-electron chi connectivity index (χ4n) is 1.66. The normalized spacial score (nSPS) is 10.4. The minimum Gasteiger partial charge on any atom is -0.481 e. The second-order valence-corrected chi connectivity index (χ2v) is 3.92. The zero-order valence-electron chi connectivity index (χ0n) is 9.39. The highest BCUT2D eigenvalue weighted by Crippen LogP contribution is 2.09. The van der Waals surface area contributed by atoms with Gasteiger partial charge >= 0.3 is 5.97 Å². The van der Waals surface area contributed by atoms with Crippen LogP contribution < -0.4 is 0 Å². The van der Waals surface area contributed by atoms with Gasteiger partial charge in [0.25, 0.3) is 0 Å². The van der Waals surface area contributed by atoms with Crippen molar-refractivity contribution in [2.24, 2.45) is 0 Å². The SMILES string of the molecule is O=C(O)CCc1ccc(Cc2ncc[nH]2)cc1. The average Bonchev–Trinajstić information content (AvgIpc) is 2.81. The van der Waals surface area contributed by atoms with Crippen LogP contribution in [0.3, 0.4) is 0 Å². The van der Waals surface area contributed by atoms with Crippen LogP contribution in [0.15, 0.2) is 36.7 Å². The molecule has 0 aliphatic rings. The number of carboxylic acids is 1. The topological polar surface area (TPSA) is 66.0 Å². The summed E-state index contributed by atoms with van der Waals surface area (Å²) in [7, 11) is 0. The number of nitrogens with one attached hydrogen (secondary N) is 1. The van der Waals surface area contributed by atoms with Gasteiger partial charge in [0.15, 0.2) is 0 Å². The second kappa shape index (κ2) is 5.30. The van der Waals surface area contributed by atoms with E-state index >= 15 is 0 Å². The number of aryl methyl sites for hydroxylation is 1. The number of carboxylic acid groups (broad SMARTS) is 1. The quantitative estimate of drug-likeness (QED) is 0.825. The summed E-state index contributed by atoms with van der Waals surface area (Å²) < 4.78 is 0. The van der Waals surface area contributed by atoms with E-state index in [2.05, 4.69) is 9.97 Å². The van der Waals surface area contributed by atoms with Gasteiger partial charge in [0, 0.05) is 25.2 Å². The van der Waals surface area contributed by atoms with Crippen LogP contribution in [0, 0.1) is 0 Å². The molecule has 0 unspecified atom stereocenters. The van der Waals surface area contributed by atoms with Gasteiger partial charge in [-0.25, -0.2) is 4.98 Å². The molecule has 2 aromatic rings. The molecule has 88 valence electrons. The Kier molecular flexibility index (Phi) is 3.55. The molecule has 4 nitrogen and oxygen atoms in total. The number of imidazole rings is 1. The zero-order chi connectivity index (χ0) is 12.1. The van der Waals surface area contributed by atoms with E-state index in [4.69, 9.17) is 5.11 Å². The Morgan fingerprint density at radius 2 is 1.94 bits per heavy atom. The lowest BCUT2D eigenvalue weighted by molar-refractivity contribution is -0.136. The van der Waals surface area contributed by atoms with Crippen molar-refractivity contribution in [1.29, 1.82) is 0 Å². The van der Waals surface area contributed by atoms with Crippen molar-refractivity contribution >= 4 is 5.97 Å². The Morgan fingerprint density at radius 3 is 2.53 bits per heavy atom. The van der Waals surface area contributed by atoms with Crippen molar-refractivity contribution < 1.29 is 9.90 Å². The number of aromatic amines is 1. The summed E-state index contributed by atoms with van der Waals surface area (Å²) in [6.07, 6.45) is 5.06. The van der Waals surface area contributed by atoms with Crippen molar-refractivity contribution in [3.8, 4) is 0 Å². The van der Waals surface area contributed by atoms with Gasteiger partial charge in [-0.3, -0.25) is 4.79 Å². The van der Waals surface area contributed by atoms with E-state index in [1.165, 1.54) is 5.56 Å². The summed E-state index contributed by atoms with van der Waals surface area (Å²) >= 11 is 0. The van der Waals surface area contributed by atoms with Gasteiger partial charge in [0.2, 0.25) is 0 Å². The predicted octanol–water partition coefficient (Wildman–Crippen LogP) is 2.02. The molecule has 0 amide bonds. The summed E-state index contributed by atoms with van der Waals surface area (Å²) in [5, 5.41) is 8.59. The lowest BCUT2D eigenvalue weighted by Crippen LogP contribution is -1.97. The molecule has 0 saturated carbocycles. The third-order valence-corrected chi connectivity index (χ3v) is 2.58. The number of H-pyrrole nitrogens is 1. The van der Waals surface area contributed by atoms with Crippen LogP contribution in [0.25, 0.3) is 0 Å². The van der Waals surface area contributed by atoms with Crippen LogP contribution in [-0.4, -0.2) is 21.0 Å². The van der Waals surface area contributed by atoms with E-state index < -0.39 is 5.97 Å². The molecule has 2 N–H and O–H groups in total. The number of hydrogen-bond acceptors (Lipinski definition) is 2. The molecule has 0 spiro atoms. The Labute approximate surface area is 99.3 Å². The molecule has 0 radical (unpaired) electrons. The van der Waals surface area contributed by atoms with Gasteiger partial charge in [0.1, 0.15) is 5.82 Å². The minimum atomic E-state index is -0.760. The fraction of sp³-hybridized carbons (Fsp3) is 0.231. The van der Waals surface area contributed by atoms with Crippen LogP contribution in [-0.2, 0) is 17.6 Å². The smallest absolute Gasteiger partial charge is 0.303 e. The fourth-order valence-corrected chi connectivity index (χ4v) is 1.66. The Balaban J connectivity index is 1.95. The first-order chi connectivity index (χ1) is 8.24. The number of nitrogens with zero attached hydrogens (tertiary/aromatic N) is 1. The first-order valence-electron chi connectivity index (χ1n) is 5.52. The zero-order valence-corrected chi connectivity index (χ0v) is 9.39. The van der Waals surface area contributed by atoms with Crippen molar-refractivity contribution in [3.63, 3.8) is 0 Å². The van der Waals surface area contributed by atoms with Gasteiger partial charge in [-0.1, -0.05) is 24.3 Å². The Morgan fingerprint density at radius 1 is 1.24 bits per heavy atom. The number of aliphatic carboxylic acids is 1. The summed E-state index contributed by atoms with van der Waals surface area (Å²) in [5.74, 6) is 0.174. The van der Waals surface area contributed by atoms with Crippen molar-refractivity contribution in [2.45, 2.75) is 19.3 Å². The molecule has 2 rings (SSSR count). The molecular weight excluding hydrogens is 216 g/mol. The monoisotopic (exact) mass is 230 g/mol. The van der Waals surface area contributed by atoms with Crippen molar-refractivity contribution in [3.05, 3.63) is 53.6 Å².